The number of aryl methyl sites for hydroxylation is 1. The molecule has 122 valence electrons. The van der Waals surface area contributed by atoms with Crippen LogP contribution in [-0.4, -0.2) is 22.6 Å². The lowest BCUT2D eigenvalue weighted by Crippen LogP contribution is -2.26. The minimum atomic E-state index is -0.224. The van der Waals surface area contributed by atoms with Crippen LogP contribution >= 0.6 is 11.6 Å². The fourth-order valence-electron chi connectivity index (χ4n) is 2.42. The van der Waals surface area contributed by atoms with E-state index in [-0.39, 0.29) is 5.91 Å². The van der Waals surface area contributed by atoms with E-state index in [1.165, 1.54) is 0 Å². The van der Waals surface area contributed by atoms with Crippen LogP contribution in [0, 0.1) is 6.92 Å². The summed E-state index contributed by atoms with van der Waals surface area (Å²) < 4.78 is 5.34. The van der Waals surface area contributed by atoms with E-state index in [0.29, 0.717) is 34.1 Å². The number of carbonyl (C=O) groups excluding carboxylic acids is 1. The summed E-state index contributed by atoms with van der Waals surface area (Å²) in [7, 11) is 0. The third-order valence-electron chi connectivity index (χ3n) is 3.66. The summed E-state index contributed by atoms with van der Waals surface area (Å²) >= 11 is 6.20. The third-order valence-corrected chi connectivity index (χ3v) is 3.99. The average molecular weight is 342 g/mol. The van der Waals surface area contributed by atoms with Crippen molar-refractivity contribution >= 4 is 17.5 Å². The first-order valence-corrected chi connectivity index (χ1v) is 7.93. The van der Waals surface area contributed by atoms with Gasteiger partial charge in [-0.05, 0) is 43.2 Å². The third kappa shape index (κ3) is 3.46. The highest BCUT2D eigenvalue weighted by atomic mass is 35.5. The van der Waals surface area contributed by atoms with E-state index in [2.05, 4.69) is 15.5 Å². The number of amides is 1. The maximum atomic E-state index is 12.6. The predicted octanol–water partition coefficient (Wildman–Crippen LogP) is 3.67. The van der Waals surface area contributed by atoms with Crippen molar-refractivity contribution in [1.82, 2.24) is 15.5 Å². The van der Waals surface area contributed by atoms with Crippen LogP contribution < -0.4 is 5.32 Å². The number of rotatable bonds is 5. The summed E-state index contributed by atoms with van der Waals surface area (Å²) in [5.74, 6) is 0.164. The number of aromatic nitrogens is 2. The van der Waals surface area contributed by atoms with E-state index in [1.807, 2.05) is 24.3 Å². The zero-order chi connectivity index (χ0) is 16.9. The van der Waals surface area contributed by atoms with Crippen LogP contribution in [0.5, 0.6) is 0 Å². The molecule has 0 aliphatic heterocycles. The molecule has 0 fully saturated rings. The Bertz CT molecular complexity index is 846. The summed E-state index contributed by atoms with van der Waals surface area (Å²) in [6.07, 6.45) is 4.19. The summed E-state index contributed by atoms with van der Waals surface area (Å²) in [5.41, 5.74) is 2.71. The predicted molar refractivity (Wildman–Crippen MR) is 92.0 cm³/mol. The van der Waals surface area contributed by atoms with E-state index in [9.17, 15) is 4.79 Å². The molecule has 0 spiro atoms. The fraction of sp³-hybridized carbons (Fsp3) is 0.167. The van der Waals surface area contributed by atoms with Crippen molar-refractivity contribution in [3.8, 4) is 11.3 Å². The first kappa shape index (κ1) is 16.2. The van der Waals surface area contributed by atoms with Gasteiger partial charge in [-0.2, -0.15) is 0 Å². The maximum Gasteiger partial charge on any atom is 0.257 e. The van der Waals surface area contributed by atoms with Crippen LogP contribution in [0.1, 0.15) is 21.6 Å². The van der Waals surface area contributed by atoms with Crippen LogP contribution in [0.2, 0.25) is 5.02 Å². The molecule has 1 N–H and O–H groups in total. The fourth-order valence-corrected chi connectivity index (χ4v) is 2.65. The minimum absolute atomic E-state index is 0.224. The summed E-state index contributed by atoms with van der Waals surface area (Å²) in [6.45, 7) is 2.25. The van der Waals surface area contributed by atoms with Crippen LogP contribution in [-0.2, 0) is 6.42 Å². The number of benzene rings is 1. The number of hydrogen-bond acceptors (Lipinski definition) is 4. The van der Waals surface area contributed by atoms with Gasteiger partial charge >= 0.3 is 0 Å². The van der Waals surface area contributed by atoms with Crippen LogP contribution in [0.3, 0.4) is 0 Å². The summed E-state index contributed by atoms with van der Waals surface area (Å²) in [6, 6.07) is 11.1. The van der Waals surface area contributed by atoms with Gasteiger partial charge in [0.2, 0.25) is 0 Å². The first-order chi connectivity index (χ1) is 11.7. The second-order valence-corrected chi connectivity index (χ2v) is 5.72. The van der Waals surface area contributed by atoms with Crippen LogP contribution in [0.4, 0.5) is 0 Å². The van der Waals surface area contributed by atoms with E-state index in [4.69, 9.17) is 16.1 Å². The quantitative estimate of drug-likeness (QED) is 0.768. The van der Waals surface area contributed by atoms with Crippen molar-refractivity contribution in [2.75, 3.05) is 6.54 Å². The number of carbonyl (C=O) groups is 1. The van der Waals surface area contributed by atoms with E-state index in [1.54, 1.807) is 31.5 Å². The van der Waals surface area contributed by atoms with E-state index >= 15 is 0 Å². The van der Waals surface area contributed by atoms with Gasteiger partial charge < -0.3 is 9.84 Å². The lowest BCUT2D eigenvalue weighted by atomic mass is 10.1. The molecular weight excluding hydrogens is 326 g/mol. The van der Waals surface area contributed by atoms with Gasteiger partial charge in [0.1, 0.15) is 5.56 Å². The molecule has 0 atom stereocenters. The minimum Gasteiger partial charge on any atom is -0.355 e. The largest absolute Gasteiger partial charge is 0.355 e. The Kier molecular flexibility index (Phi) is 4.91. The Morgan fingerprint density at radius 1 is 1.21 bits per heavy atom. The molecule has 0 unspecified atom stereocenters. The molecule has 6 heteroatoms. The van der Waals surface area contributed by atoms with Crippen molar-refractivity contribution in [1.29, 1.82) is 0 Å². The highest BCUT2D eigenvalue weighted by molar-refractivity contribution is 6.33. The van der Waals surface area contributed by atoms with Crippen molar-refractivity contribution in [3.63, 3.8) is 0 Å². The molecule has 24 heavy (non-hydrogen) atoms. The molecule has 0 radical (unpaired) electrons. The summed E-state index contributed by atoms with van der Waals surface area (Å²) in [4.78, 5) is 16.5. The van der Waals surface area contributed by atoms with Gasteiger partial charge in [0.05, 0.1) is 10.7 Å². The molecular formula is C18H16ClN3O2. The van der Waals surface area contributed by atoms with Crippen molar-refractivity contribution < 1.29 is 9.32 Å². The zero-order valence-electron chi connectivity index (χ0n) is 13.1. The zero-order valence-corrected chi connectivity index (χ0v) is 13.9. The van der Waals surface area contributed by atoms with Crippen molar-refractivity contribution in [2.24, 2.45) is 0 Å². The van der Waals surface area contributed by atoms with E-state index < -0.39 is 0 Å². The van der Waals surface area contributed by atoms with Gasteiger partial charge in [-0.3, -0.25) is 9.78 Å². The standard InChI is InChI=1S/C18H16ClN3O2/c1-12-16(17(24-22-12)14-4-2-3-5-15(14)19)18(23)21-11-8-13-6-9-20-10-7-13/h2-7,9-10H,8,11H2,1H3,(H,21,23). The SMILES string of the molecule is Cc1noc(-c2ccccc2Cl)c1C(=O)NCCc1ccncc1. The molecule has 2 heterocycles. The molecule has 3 aromatic rings. The molecule has 0 bridgehead atoms. The monoisotopic (exact) mass is 341 g/mol. The second-order valence-electron chi connectivity index (χ2n) is 5.31. The lowest BCUT2D eigenvalue weighted by Gasteiger charge is -2.06. The molecule has 1 aromatic carbocycles. The van der Waals surface area contributed by atoms with Crippen LogP contribution in [0.15, 0.2) is 53.3 Å². The van der Waals surface area contributed by atoms with Crippen LogP contribution in [0.25, 0.3) is 11.3 Å². The molecule has 0 aliphatic rings. The molecule has 3 rings (SSSR count). The van der Waals surface area contributed by atoms with Gasteiger partial charge in [-0.1, -0.05) is 28.9 Å². The van der Waals surface area contributed by atoms with E-state index in [0.717, 1.165) is 12.0 Å². The van der Waals surface area contributed by atoms with Gasteiger partial charge in [0.15, 0.2) is 5.76 Å². The Morgan fingerprint density at radius 2 is 1.96 bits per heavy atom. The second kappa shape index (κ2) is 7.27. The Balaban J connectivity index is 1.76. The first-order valence-electron chi connectivity index (χ1n) is 7.55. The molecule has 0 saturated carbocycles. The Morgan fingerprint density at radius 3 is 2.71 bits per heavy atom. The molecule has 5 nitrogen and oxygen atoms in total. The van der Waals surface area contributed by atoms with Gasteiger partial charge in [0.25, 0.3) is 5.91 Å². The molecule has 0 saturated heterocycles. The van der Waals surface area contributed by atoms with Crippen molar-refractivity contribution in [2.45, 2.75) is 13.3 Å². The summed E-state index contributed by atoms with van der Waals surface area (Å²) in [5, 5.41) is 7.33. The highest BCUT2D eigenvalue weighted by Gasteiger charge is 2.22. The number of nitrogens with zero attached hydrogens (tertiary/aromatic N) is 2. The Hall–Kier alpha value is -2.66. The molecule has 0 aliphatic carbocycles. The highest BCUT2D eigenvalue weighted by Crippen LogP contribution is 2.31. The Labute approximate surface area is 144 Å². The lowest BCUT2D eigenvalue weighted by molar-refractivity contribution is 0.0954. The smallest absolute Gasteiger partial charge is 0.257 e. The molecule has 1 amide bonds. The van der Waals surface area contributed by atoms with Gasteiger partial charge in [0, 0.05) is 24.5 Å². The maximum absolute atomic E-state index is 12.6. The number of halogens is 1. The number of pyridine rings is 1. The normalized spacial score (nSPS) is 10.6. The number of hydrogen-bond donors (Lipinski definition) is 1. The van der Waals surface area contributed by atoms with Crippen molar-refractivity contribution in [3.05, 3.63) is 70.6 Å². The number of nitrogens with one attached hydrogen (secondary N) is 1. The molecule has 2 aromatic heterocycles. The van der Waals surface area contributed by atoms with Gasteiger partial charge in [-0.15, -0.1) is 0 Å². The van der Waals surface area contributed by atoms with Gasteiger partial charge in [-0.25, -0.2) is 0 Å². The topological polar surface area (TPSA) is 68.0 Å². The average Bonchev–Trinajstić information content (AvgIpc) is 2.97.